The van der Waals surface area contributed by atoms with Gasteiger partial charge in [0, 0.05) is 5.92 Å². The molecule has 3 N–H and O–H groups in total. The maximum atomic E-state index is 5.62. The Morgan fingerprint density at radius 3 is 2.50 bits per heavy atom. The smallest absolute Gasteiger partial charge is 0.177 e. The first-order chi connectivity index (χ1) is 6.40. The summed E-state index contributed by atoms with van der Waals surface area (Å²) in [4.78, 5) is 0. The van der Waals surface area contributed by atoms with Gasteiger partial charge in [0.2, 0.25) is 0 Å². The van der Waals surface area contributed by atoms with Crippen LogP contribution in [0.4, 0.5) is 0 Å². The van der Waals surface area contributed by atoms with Gasteiger partial charge in [0.05, 0.1) is 0 Å². The molecule has 5 nitrogen and oxygen atoms in total. The molecular formula is C8H16ClN5. The fraction of sp³-hybridized carbons (Fsp3) is 0.875. The number of nitrogens with zero attached hydrogens (tertiary/aromatic N) is 3. The van der Waals surface area contributed by atoms with E-state index >= 15 is 0 Å². The number of halogens is 1. The molecule has 1 aromatic heterocycles. The lowest BCUT2D eigenvalue weighted by atomic mass is 9.82. The zero-order chi connectivity index (χ0) is 9.10. The van der Waals surface area contributed by atoms with E-state index in [0.717, 1.165) is 25.2 Å². The van der Waals surface area contributed by atoms with Crippen molar-refractivity contribution in [1.82, 2.24) is 20.6 Å². The van der Waals surface area contributed by atoms with Crippen LogP contribution >= 0.6 is 12.4 Å². The van der Waals surface area contributed by atoms with Crippen LogP contribution in [0.15, 0.2) is 0 Å². The van der Waals surface area contributed by atoms with Crippen LogP contribution in [0.3, 0.4) is 0 Å². The molecule has 80 valence electrons. The van der Waals surface area contributed by atoms with Gasteiger partial charge < -0.3 is 5.73 Å². The van der Waals surface area contributed by atoms with Gasteiger partial charge in [0.15, 0.2) is 5.82 Å². The van der Waals surface area contributed by atoms with Crippen LogP contribution in [0.5, 0.6) is 0 Å². The number of nitrogens with one attached hydrogen (secondary N) is 1. The van der Waals surface area contributed by atoms with Gasteiger partial charge in [0.25, 0.3) is 0 Å². The quantitative estimate of drug-likeness (QED) is 0.770. The Morgan fingerprint density at radius 1 is 1.29 bits per heavy atom. The number of nitrogens with two attached hydrogens (primary N) is 1. The molecule has 0 bridgehead atoms. The van der Waals surface area contributed by atoms with E-state index in [9.17, 15) is 0 Å². The summed E-state index contributed by atoms with van der Waals surface area (Å²) in [5.74, 6) is 2.08. The third kappa shape index (κ3) is 2.42. The number of rotatable bonds is 2. The highest BCUT2D eigenvalue weighted by Crippen LogP contribution is 2.33. The molecule has 1 heterocycles. The fourth-order valence-electron chi connectivity index (χ4n) is 2.00. The van der Waals surface area contributed by atoms with Crippen LogP contribution in [0, 0.1) is 5.92 Å². The van der Waals surface area contributed by atoms with E-state index in [4.69, 9.17) is 5.73 Å². The predicted molar refractivity (Wildman–Crippen MR) is 55.2 cm³/mol. The molecule has 1 aromatic rings. The second-order valence-corrected chi connectivity index (χ2v) is 3.72. The van der Waals surface area contributed by atoms with Crippen LogP contribution in [0.2, 0.25) is 0 Å². The maximum Gasteiger partial charge on any atom is 0.177 e. The Hall–Kier alpha value is -0.680. The predicted octanol–water partition coefficient (Wildman–Crippen LogP) is 0.854. The van der Waals surface area contributed by atoms with Crippen molar-refractivity contribution in [3.8, 4) is 0 Å². The van der Waals surface area contributed by atoms with Crippen molar-refractivity contribution >= 4 is 12.4 Å². The Bertz CT molecular complexity index is 242. The van der Waals surface area contributed by atoms with Crippen molar-refractivity contribution in [3.05, 3.63) is 5.82 Å². The average molecular weight is 218 g/mol. The Kier molecular flexibility index (Phi) is 4.28. The zero-order valence-corrected chi connectivity index (χ0v) is 8.83. The van der Waals surface area contributed by atoms with E-state index in [-0.39, 0.29) is 12.4 Å². The molecule has 0 spiro atoms. The topological polar surface area (TPSA) is 80.5 Å². The Morgan fingerprint density at radius 2 is 2.00 bits per heavy atom. The molecule has 0 amide bonds. The molecule has 0 aromatic carbocycles. The molecule has 0 aliphatic heterocycles. The molecule has 1 saturated carbocycles. The minimum atomic E-state index is 0. The standard InChI is InChI=1S/C8H15N5.ClH/c9-5-6-1-3-7(4-2-6)8-10-12-13-11-8;/h6-7H,1-5,9H2,(H,10,11,12,13);1H. The molecule has 0 radical (unpaired) electrons. The van der Waals surface area contributed by atoms with Crippen molar-refractivity contribution in [2.24, 2.45) is 11.7 Å². The summed E-state index contributed by atoms with van der Waals surface area (Å²) in [7, 11) is 0. The van der Waals surface area contributed by atoms with Crippen LogP contribution in [-0.2, 0) is 0 Å². The van der Waals surface area contributed by atoms with Crippen molar-refractivity contribution in [2.75, 3.05) is 6.54 Å². The number of hydrogen-bond donors (Lipinski definition) is 2. The molecule has 2 rings (SSSR count). The lowest BCUT2D eigenvalue weighted by Crippen LogP contribution is -2.21. The van der Waals surface area contributed by atoms with Crippen LogP contribution in [0.25, 0.3) is 0 Å². The summed E-state index contributed by atoms with van der Waals surface area (Å²) in [5.41, 5.74) is 5.62. The van der Waals surface area contributed by atoms with E-state index in [1.807, 2.05) is 0 Å². The van der Waals surface area contributed by atoms with Crippen LogP contribution in [0.1, 0.15) is 37.4 Å². The largest absolute Gasteiger partial charge is 0.330 e. The van der Waals surface area contributed by atoms with Gasteiger partial charge in [-0.25, -0.2) is 0 Å². The van der Waals surface area contributed by atoms with Crippen LogP contribution < -0.4 is 5.73 Å². The summed E-state index contributed by atoms with van der Waals surface area (Å²) in [6.45, 7) is 0.818. The normalized spacial score (nSPS) is 26.9. The first-order valence-electron chi connectivity index (χ1n) is 4.83. The molecule has 0 saturated heterocycles. The lowest BCUT2D eigenvalue weighted by molar-refractivity contribution is 0.325. The van der Waals surface area contributed by atoms with Gasteiger partial charge in [-0.3, -0.25) is 0 Å². The molecule has 14 heavy (non-hydrogen) atoms. The van der Waals surface area contributed by atoms with Gasteiger partial charge in [0.1, 0.15) is 0 Å². The molecule has 1 aliphatic rings. The number of H-pyrrole nitrogens is 1. The highest BCUT2D eigenvalue weighted by atomic mass is 35.5. The van der Waals surface area contributed by atoms with Crippen molar-refractivity contribution in [3.63, 3.8) is 0 Å². The minimum Gasteiger partial charge on any atom is -0.330 e. The van der Waals surface area contributed by atoms with E-state index in [0.29, 0.717) is 11.8 Å². The van der Waals surface area contributed by atoms with Crippen molar-refractivity contribution in [2.45, 2.75) is 31.6 Å². The highest BCUT2D eigenvalue weighted by molar-refractivity contribution is 5.85. The van der Waals surface area contributed by atoms with E-state index in [1.165, 1.54) is 12.8 Å². The maximum absolute atomic E-state index is 5.62. The molecule has 0 atom stereocenters. The summed E-state index contributed by atoms with van der Waals surface area (Å²) in [6.07, 6.45) is 4.72. The Labute approximate surface area is 89.2 Å². The second kappa shape index (κ2) is 5.26. The van der Waals surface area contributed by atoms with E-state index < -0.39 is 0 Å². The fourth-order valence-corrected chi connectivity index (χ4v) is 2.00. The van der Waals surface area contributed by atoms with Gasteiger partial charge in [-0.15, -0.1) is 22.6 Å². The summed E-state index contributed by atoms with van der Waals surface area (Å²) >= 11 is 0. The second-order valence-electron chi connectivity index (χ2n) is 3.72. The van der Waals surface area contributed by atoms with Crippen molar-refractivity contribution in [1.29, 1.82) is 0 Å². The van der Waals surface area contributed by atoms with Crippen molar-refractivity contribution < 1.29 is 0 Å². The van der Waals surface area contributed by atoms with E-state index in [2.05, 4.69) is 20.6 Å². The summed E-state index contributed by atoms with van der Waals surface area (Å²) in [5, 5.41) is 14.1. The first kappa shape index (κ1) is 11.4. The first-order valence-corrected chi connectivity index (χ1v) is 4.83. The molecule has 1 fully saturated rings. The number of aromatic nitrogens is 4. The Balaban J connectivity index is 0.000000980. The van der Waals surface area contributed by atoms with Gasteiger partial charge >= 0.3 is 0 Å². The molecule has 1 aliphatic carbocycles. The summed E-state index contributed by atoms with van der Waals surface area (Å²) < 4.78 is 0. The van der Waals surface area contributed by atoms with Gasteiger partial charge in [-0.05, 0) is 38.1 Å². The molecule has 0 unspecified atom stereocenters. The van der Waals surface area contributed by atoms with Crippen LogP contribution in [-0.4, -0.2) is 27.2 Å². The highest BCUT2D eigenvalue weighted by Gasteiger charge is 2.23. The summed E-state index contributed by atoms with van der Waals surface area (Å²) in [6, 6.07) is 0. The lowest BCUT2D eigenvalue weighted by Gasteiger charge is -2.25. The average Bonchev–Trinajstić information content (AvgIpc) is 2.71. The third-order valence-corrected chi connectivity index (χ3v) is 2.91. The van der Waals surface area contributed by atoms with E-state index in [1.54, 1.807) is 0 Å². The third-order valence-electron chi connectivity index (χ3n) is 2.91. The number of aromatic amines is 1. The van der Waals surface area contributed by atoms with Gasteiger partial charge in [-0.1, -0.05) is 5.21 Å². The molecule has 6 heteroatoms. The minimum absolute atomic E-state index is 0. The SMILES string of the molecule is Cl.NCC1CCC(c2nn[nH]n2)CC1. The van der Waals surface area contributed by atoms with Gasteiger partial charge in [-0.2, -0.15) is 5.21 Å². The number of tetrazole rings is 1. The number of hydrogen-bond acceptors (Lipinski definition) is 4. The monoisotopic (exact) mass is 217 g/mol. The molecular weight excluding hydrogens is 202 g/mol. The zero-order valence-electron chi connectivity index (χ0n) is 8.02.